The Morgan fingerprint density at radius 1 is 1.19 bits per heavy atom. The smallest absolute Gasteiger partial charge is 0.307 e. The molecule has 0 spiro atoms. The standard InChI is InChI=1S/C17H19NO2.ClH/c19-17(20)16-6-3-9-18(12-16)11-13-7-8-14-4-1-2-5-15(14)10-13;/h1-2,4-5,7-8,10,16H,3,6,9,11-12H2,(H,19,20);1H. The Labute approximate surface area is 131 Å². The second-order valence-electron chi connectivity index (χ2n) is 5.59. The Bertz CT molecular complexity index is 629. The Kier molecular flexibility index (Phi) is 5.21. The van der Waals surface area contributed by atoms with E-state index in [1.807, 2.05) is 12.1 Å². The highest BCUT2D eigenvalue weighted by Crippen LogP contribution is 2.21. The third-order valence-corrected chi connectivity index (χ3v) is 4.07. The summed E-state index contributed by atoms with van der Waals surface area (Å²) >= 11 is 0. The monoisotopic (exact) mass is 305 g/mol. The molecule has 1 N–H and O–H groups in total. The van der Waals surface area contributed by atoms with Gasteiger partial charge in [0.15, 0.2) is 0 Å². The van der Waals surface area contributed by atoms with Crippen molar-refractivity contribution in [3.05, 3.63) is 48.0 Å². The molecule has 21 heavy (non-hydrogen) atoms. The van der Waals surface area contributed by atoms with Crippen LogP contribution in [-0.4, -0.2) is 29.1 Å². The maximum absolute atomic E-state index is 11.1. The number of fused-ring (bicyclic) bond motifs is 1. The van der Waals surface area contributed by atoms with Crippen LogP contribution in [0.2, 0.25) is 0 Å². The minimum Gasteiger partial charge on any atom is -0.481 e. The molecule has 1 heterocycles. The van der Waals surface area contributed by atoms with Gasteiger partial charge >= 0.3 is 5.97 Å². The quantitative estimate of drug-likeness (QED) is 0.942. The van der Waals surface area contributed by atoms with Crippen molar-refractivity contribution in [2.75, 3.05) is 13.1 Å². The topological polar surface area (TPSA) is 40.5 Å². The van der Waals surface area contributed by atoms with E-state index in [4.69, 9.17) is 5.11 Å². The Morgan fingerprint density at radius 2 is 1.95 bits per heavy atom. The molecule has 4 heteroatoms. The zero-order valence-electron chi connectivity index (χ0n) is 11.9. The molecule has 0 radical (unpaired) electrons. The Balaban J connectivity index is 0.00000161. The van der Waals surface area contributed by atoms with Gasteiger partial charge in [-0.05, 0) is 41.8 Å². The van der Waals surface area contributed by atoms with E-state index in [0.717, 1.165) is 25.9 Å². The SMILES string of the molecule is Cl.O=C(O)C1CCCN(Cc2ccc3ccccc3c2)C1. The first-order chi connectivity index (χ1) is 9.72. The van der Waals surface area contributed by atoms with Crippen molar-refractivity contribution in [3.8, 4) is 0 Å². The van der Waals surface area contributed by atoms with E-state index in [-0.39, 0.29) is 18.3 Å². The number of hydrogen-bond donors (Lipinski definition) is 1. The number of likely N-dealkylation sites (tertiary alicyclic amines) is 1. The van der Waals surface area contributed by atoms with E-state index in [1.54, 1.807) is 0 Å². The van der Waals surface area contributed by atoms with Crippen LogP contribution in [-0.2, 0) is 11.3 Å². The largest absolute Gasteiger partial charge is 0.481 e. The van der Waals surface area contributed by atoms with E-state index in [0.29, 0.717) is 6.54 Å². The molecular weight excluding hydrogens is 286 g/mol. The van der Waals surface area contributed by atoms with Crippen LogP contribution >= 0.6 is 12.4 Å². The normalized spacial score (nSPS) is 19.1. The molecule has 1 aliphatic heterocycles. The maximum atomic E-state index is 11.1. The Hall–Kier alpha value is -1.58. The van der Waals surface area contributed by atoms with Gasteiger partial charge in [0, 0.05) is 13.1 Å². The van der Waals surface area contributed by atoms with E-state index in [9.17, 15) is 4.79 Å². The summed E-state index contributed by atoms with van der Waals surface area (Å²) in [6.07, 6.45) is 1.79. The van der Waals surface area contributed by atoms with Crippen LogP contribution in [0.5, 0.6) is 0 Å². The zero-order valence-corrected chi connectivity index (χ0v) is 12.7. The summed E-state index contributed by atoms with van der Waals surface area (Å²) in [4.78, 5) is 13.4. The van der Waals surface area contributed by atoms with Gasteiger partial charge in [-0.15, -0.1) is 12.4 Å². The van der Waals surface area contributed by atoms with Crippen molar-refractivity contribution in [3.63, 3.8) is 0 Å². The fourth-order valence-corrected chi connectivity index (χ4v) is 3.00. The predicted molar refractivity (Wildman–Crippen MR) is 86.8 cm³/mol. The fraction of sp³-hybridized carbons (Fsp3) is 0.353. The number of piperidine rings is 1. The van der Waals surface area contributed by atoms with E-state index < -0.39 is 5.97 Å². The first-order valence-corrected chi connectivity index (χ1v) is 7.15. The fourth-order valence-electron chi connectivity index (χ4n) is 3.00. The van der Waals surface area contributed by atoms with Crippen LogP contribution in [0.15, 0.2) is 42.5 Å². The highest BCUT2D eigenvalue weighted by molar-refractivity contribution is 5.85. The predicted octanol–water partition coefficient (Wildman–Crippen LogP) is 3.56. The lowest BCUT2D eigenvalue weighted by Gasteiger charge is -2.30. The number of carboxylic acid groups (broad SMARTS) is 1. The average Bonchev–Trinajstić information content (AvgIpc) is 2.47. The summed E-state index contributed by atoms with van der Waals surface area (Å²) in [6, 6.07) is 14.8. The van der Waals surface area contributed by atoms with Gasteiger partial charge in [0.05, 0.1) is 5.92 Å². The van der Waals surface area contributed by atoms with Crippen LogP contribution in [0.4, 0.5) is 0 Å². The molecule has 2 aromatic carbocycles. The van der Waals surface area contributed by atoms with Crippen molar-refractivity contribution in [1.29, 1.82) is 0 Å². The molecule has 112 valence electrons. The van der Waals surface area contributed by atoms with Crippen LogP contribution in [0.25, 0.3) is 10.8 Å². The maximum Gasteiger partial charge on any atom is 0.307 e. The van der Waals surface area contributed by atoms with Crippen molar-refractivity contribution in [2.24, 2.45) is 5.92 Å². The second kappa shape index (κ2) is 6.92. The molecule has 0 saturated carbocycles. The summed E-state index contributed by atoms with van der Waals surface area (Å²) in [6.45, 7) is 2.51. The molecule has 1 fully saturated rings. The van der Waals surface area contributed by atoms with Gasteiger partial charge in [0.25, 0.3) is 0 Å². The molecular formula is C17H20ClNO2. The molecule has 3 nitrogen and oxygen atoms in total. The number of carbonyl (C=O) groups is 1. The first kappa shape index (κ1) is 15.8. The molecule has 0 bridgehead atoms. The average molecular weight is 306 g/mol. The molecule has 1 aliphatic rings. The molecule has 2 aromatic rings. The van der Waals surface area contributed by atoms with Crippen LogP contribution in [0, 0.1) is 5.92 Å². The number of carboxylic acids is 1. The van der Waals surface area contributed by atoms with Gasteiger partial charge in [-0.1, -0.05) is 36.4 Å². The lowest BCUT2D eigenvalue weighted by atomic mass is 9.97. The third-order valence-electron chi connectivity index (χ3n) is 4.07. The molecule has 0 amide bonds. The van der Waals surface area contributed by atoms with Gasteiger partial charge in [-0.3, -0.25) is 9.69 Å². The van der Waals surface area contributed by atoms with Crippen molar-refractivity contribution in [1.82, 2.24) is 4.90 Å². The molecule has 1 atom stereocenters. The molecule has 3 rings (SSSR count). The summed E-state index contributed by atoms with van der Waals surface area (Å²) in [5, 5.41) is 11.6. The lowest BCUT2D eigenvalue weighted by Crippen LogP contribution is -2.38. The number of benzene rings is 2. The second-order valence-corrected chi connectivity index (χ2v) is 5.59. The van der Waals surface area contributed by atoms with Crippen molar-refractivity contribution >= 4 is 29.1 Å². The molecule has 0 aliphatic carbocycles. The van der Waals surface area contributed by atoms with Crippen molar-refractivity contribution < 1.29 is 9.90 Å². The Morgan fingerprint density at radius 3 is 2.71 bits per heavy atom. The van der Waals surface area contributed by atoms with Crippen LogP contribution in [0.1, 0.15) is 18.4 Å². The van der Waals surface area contributed by atoms with Crippen LogP contribution in [0.3, 0.4) is 0 Å². The number of rotatable bonds is 3. The number of nitrogens with zero attached hydrogens (tertiary/aromatic N) is 1. The third kappa shape index (κ3) is 3.74. The van der Waals surface area contributed by atoms with Gasteiger partial charge < -0.3 is 5.11 Å². The minimum atomic E-state index is -0.659. The highest BCUT2D eigenvalue weighted by atomic mass is 35.5. The van der Waals surface area contributed by atoms with Gasteiger partial charge in [0.1, 0.15) is 0 Å². The first-order valence-electron chi connectivity index (χ1n) is 7.15. The molecule has 0 aromatic heterocycles. The number of halogens is 1. The highest BCUT2D eigenvalue weighted by Gasteiger charge is 2.25. The van der Waals surface area contributed by atoms with Crippen LogP contribution < -0.4 is 0 Å². The van der Waals surface area contributed by atoms with E-state index in [1.165, 1.54) is 16.3 Å². The van der Waals surface area contributed by atoms with Gasteiger partial charge in [-0.2, -0.15) is 0 Å². The number of hydrogen-bond acceptors (Lipinski definition) is 2. The lowest BCUT2D eigenvalue weighted by molar-refractivity contribution is -0.143. The summed E-state index contributed by atoms with van der Waals surface area (Å²) in [5.74, 6) is -0.864. The van der Waals surface area contributed by atoms with Gasteiger partial charge in [-0.25, -0.2) is 0 Å². The minimum absolute atomic E-state index is 0. The zero-order chi connectivity index (χ0) is 13.9. The van der Waals surface area contributed by atoms with Gasteiger partial charge in [0.2, 0.25) is 0 Å². The summed E-state index contributed by atoms with van der Waals surface area (Å²) < 4.78 is 0. The summed E-state index contributed by atoms with van der Waals surface area (Å²) in [7, 11) is 0. The molecule has 1 unspecified atom stereocenters. The van der Waals surface area contributed by atoms with E-state index in [2.05, 4.69) is 35.2 Å². The number of aliphatic carboxylic acids is 1. The molecule has 1 saturated heterocycles. The van der Waals surface area contributed by atoms with Crippen molar-refractivity contribution in [2.45, 2.75) is 19.4 Å². The summed E-state index contributed by atoms with van der Waals surface area (Å²) in [5.41, 5.74) is 1.26. The van der Waals surface area contributed by atoms with E-state index >= 15 is 0 Å².